The first-order valence-electron chi connectivity index (χ1n) is 9.67. The molecule has 4 N–H and O–H groups in total. The predicted molar refractivity (Wildman–Crippen MR) is 114 cm³/mol. The van der Waals surface area contributed by atoms with Crippen LogP contribution in [0.5, 0.6) is 0 Å². The molecule has 0 saturated carbocycles. The Kier molecular flexibility index (Phi) is 8.85. The van der Waals surface area contributed by atoms with E-state index >= 15 is 0 Å². The SMILES string of the molecule is CC(C)(O)O.O=C(NC[C@@H]1CO[C@H](CNC(=O)c2ncccn2)C1)c1ccccc1.[HH].[HH]. The van der Waals surface area contributed by atoms with Crippen molar-refractivity contribution < 1.29 is 27.4 Å². The molecular weight excluding hydrogens is 388 g/mol. The molecule has 1 aliphatic rings. The van der Waals surface area contributed by atoms with Crippen molar-refractivity contribution in [1.29, 1.82) is 0 Å². The maximum absolute atomic E-state index is 12.0. The van der Waals surface area contributed by atoms with E-state index in [0.717, 1.165) is 6.42 Å². The predicted octanol–water partition coefficient (Wildman–Crippen LogP) is 1.24. The largest absolute Gasteiger partial charge is 0.376 e. The van der Waals surface area contributed by atoms with Gasteiger partial charge in [-0.05, 0) is 38.5 Å². The van der Waals surface area contributed by atoms with Gasteiger partial charge in [0, 0.05) is 39.8 Å². The second-order valence-corrected chi connectivity index (χ2v) is 7.41. The second kappa shape index (κ2) is 11.3. The van der Waals surface area contributed by atoms with Gasteiger partial charge in [-0.25, -0.2) is 9.97 Å². The lowest BCUT2D eigenvalue weighted by molar-refractivity contribution is -0.127. The van der Waals surface area contributed by atoms with E-state index < -0.39 is 5.79 Å². The van der Waals surface area contributed by atoms with Gasteiger partial charge in [-0.2, -0.15) is 0 Å². The van der Waals surface area contributed by atoms with E-state index in [2.05, 4.69) is 20.6 Å². The molecule has 0 aliphatic carbocycles. The Morgan fingerprint density at radius 3 is 2.30 bits per heavy atom. The van der Waals surface area contributed by atoms with Crippen LogP contribution in [0.4, 0.5) is 0 Å². The van der Waals surface area contributed by atoms with Crippen molar-refractivity contribution in [3.05, 3.63) is 60.2 Å². The van der Waals surface area contributed by atoms with Gasteiger partial charge in [0.1, 0.15) is 0 Å². The smallest absolute Gasteiger partial charge is 0.289 e. The minimum atomic E-state index is -1.50. The summed E-state index contributed by atoms with van der Waals surface area (Å²) in [5.41, 5.74) is 0.646. The normalized spacial score (nSPS) is 18.1. The number of amides is 2. The number of aliphatic hydroxyl groups is 2. The van der Waals surface area contributed by atoms with Crippen LogP contribution in [0, 0.1) is 5.92 Å². The molecule has 1 fully saturated rings. The van der Waals surface area contributed by atoms with Gasteiger partial charge in [-0.3, -0.25) is 9.59 Å². The molecule has 0 unspecified atom stereocenters. The Bertz CT molecular complexity index is 739. The zero-order valence-corrected chi connectivity index (χ0v) is 17.1. The third-order valence-corrected chi connectivity index (χ3v) is 4.01. The van der Waals surface area contributed by atoms with Crippen molar-refractivity contribution in [3.8, 4) is 0 Å². The number of nitrogens with zero attached hydrogens (tertiary/aromatic N) is 2. The number of benzene rings is 1. The van der Waals surface area contributed by atoms with Crippen LogP contribution in [-0.2, 0) is 4.74 Å². The Balaban J connectivity index is 0.00000124. The lowest BCUT2D eigenvalue weighted by Gasteiger charge is -2.11. The van der Waals surface area contributed by atoms with Crippen LogP contribution in [0.15, 0.2) is 48.8 Å². The summed E-state index contributed by atoms with van der Waals surface area (Å²) in [7, 11) is 0. The van der Waals surface area contributed by atoms with Gasteiger partial charge in [0.25, 0.3) is 11.8 Å². The molecule has 3 rings (SSSR count). The lowest BCUT2D eigenvalue weighted by atomic mass is 10.1. The van der Waals surface area contributed by atoms with Crippen LogP contribution in [0.2, 0.25) is 0 Å². The van der Waals surface area contributed by atoms with Crippen molar-refractivity contribution in [1.82, 2.24) is 20.6 Å². The van der Waals surface area contributed by atoms with Gasteiger partial charge in [-0.1, -0.05) is 18.2 Å². The Hall–Kier alpha value is -2.88. The molecule has 1 aliphatic heterocycles. The molecule has 1 saturated heterocycles. The molecular formula is C21H32N4O5. The fraction of sp³-hybridized carbons (Fsp3) is 0.429. The van der Waals surface area contributed by atoms with E-state index in [1.165, 1.54) is 26.2 Å². The van der Waals surface area contributed by atoms with Crippen molar-refractivity contribution in [2.24, 2.45) is 5.92 Å². The van der Waals surface area contributed by atoms with Gasteiger partial charge in [0.2, 0.25) is 5.82 Å². The molecule has 1 aromatic carbocycles. The van der Waals surface area contributed by atoms with Crippen LogP contribution in [0.3, 0.4) is 0 Å². The molecule has 2 atom stereocenters. The van der Waals surface area contributed by atoms with Crippen molar-refractivity contribution in [2.75, 3.05) is 19.7 Å². The van der Waals surface area contributed by atoms with Gasteiger partial charge < -0.3 is 25.6 Å². The molecule has 0 bridgehead atoms. The van der Waals surface area contributed by atoms with Gasteiger partial charge in [-0.15, -0.1) is 0 Å². The van der Waals surface area contributed by atoms with Crippen LogP contribution < -0.4 is 10.6 Å². The van der Waals surface area contributed by atoms with E-state index in [0.29, 0.717) is 25.3 Å². The van der Waals surface area contributed by atoms with Crippen LogP contribution >= 0.6 is 0 Å². The number of aromatic nitrogens is 2. The minimum absolute atomic E-state index is 0. The molecule has 2 amide bonds. The number of nitrogens with one attached hydrogen (secondary N) is 2. The fourth-order valence-electron chi connectivity index (χ4n) is 2.70. The summed E-state index contributed by atoms with van der Waals surface area (Å²) in [6.45, 7) is 4.12. The Labute approximate surface area is 178 Å². The molecule has 1 aromatic heterocycles. The fourth-order valence-corrected chi connectivity index (χ4v) is 2.70. The van der Waals surface area contributed by atoms with Gasteiger partial charge in [0.05, 0.1) is 12.7 Å². The summed E-state index contributed by atoms with van der Waals surface area (Å²) >= 11 is 0. The third kappa shape index (κ3) is 9.08. The summed E-state index contributed by atoms with van der Waals surface area (Å²) in [6, 6.07) is 10.8. The number of rotatable bonds is 6. The summed E-state index contributed by atoms with van der Waals surface area (Å²) in [4.78, 5) is 31.7. The highest BCUT2D eigenvalue weighted by Gasteiger charge is 2.26. The highest BCUT2D eigenvalue weighted by atomic mass is 16.5. The van der Waals surface area contributed by atoms with E-state index in [4.69, 9.17) is 14.9 Å². The van der Waals surface area contributed by atoms with Crippen LogP contribution in [0.25, 0.3) is 0 Å². The molecule has 2 heterocycles. The molecule has 30 heavy (non-hydrogen) atoms. The Morgan fingerprint density at radius 2 is 1.67 bits per heavy atom. The van der Waals surface area contributed by atoms with E-state index in [-0.39, 0.29) is 32.5 Å². The van der Waals surface area contributed by atoms with Crippen LogP contribution in [-0.4, -0.2) is 63.6 Å². The first-order valence-corrected chi connectivity index (χ1v) is 9.67. The van der Waals surface area contributed by atoms with E-state index in [1.54, 1.807) is 18.2 Å². The average Bonchev–Trinajstić information content (AvgIpc) is 3.18. The maximum atomic E-state index is 12.0. The number of ether oxygens (including phenoxy) is 1. The number of carbonyl (C=O) groups is 2. The highest BCUT2D eigenvalue weighted by Crippen LogP contribution is 2.18. The molecule has 2 aromatic rings. The summed E-state index contributed by atoms with van der Waals surface area (Å²) < 4.78 is 5.68. The average molecular weight is 421 g/mol. The Morgan fingerprint density at radius 1 is 1.07 bits per heavy atom. The standard InChI is InChI=1S/C18H20N4O3.C3H8O2.2H2/c23-17(14-5-2-1-3-6-14)21-10-13-9-15(25-12-13)11-22-18(24)16-19-7-4-8-20-16;1-3(2,4)5;;/h1-8,13,15H,9-12H2,(H,21,23)(H,22,24);4-5H,1-2H3;2*1H/t13-,15+;;;/m1.../s1. The monoisotopic (exact) mass is 420 g/mol. The number of carbonyl (C=O) groups excluding carboxylic acids is 2. The van der Waals surface area contributed by atoms with Crippen molar-refractivity contribution >= 4 is 11.8 Å². The minimum Gasteiger partial charge on any atom is -0.376 e. The highest BCUT2D eigenvalue weighted by molar-refractivity contribution is 5.94. The topological polar surface area (TPSA) is 134 Å². The zero-order valence-electron chi connectivity index (χ0n) is 17.1. The lowest BCUT2D eigenvalue weighted by Crippen LogP contribution is -2.33. The van der Waals surface area contributed by atoms with Gasteiger partial charge >= 0.3 is 0 Å². The first-order chi connectivity index (χ1) is 14.2. The molecule has 0 spiro atoms. The second-order valence-electron chi connectivity index (χ2n) is 7.41. The van der Waals surface area contributed by atoms with Crippen LogP contribution in [0.1, 0.15) is 44.1 Å². The first kappa shape index (κ1) is 23.4. The number of hydrogen-bond acceptors (Lipinski definition) is 7. The maximum Gasteiger partial charge on any atom is 0.289 e. The quantitative estimate of drug-likeness (QED) is 0.517. The van der Waals surface area contributed by atoms with E-state index in [9.17, 15) is 9.59 Å². The summed E-state index contributed by atoms with van der Waals surface area (Å²) in [5, 5.41) is 21.9. The summed E-state index contributed by atoms with van der Waals surface area (Å²) in [6.07, 6.45) is 3.77. The summed E-state index contributed by atoms with van der Waals surface area (Å²) in [5.74, 6) is -1.52. The molecule has 166 valence electrons. The molecule has 0 radical (unpaired) electrons. The van der Waals surface area contributed by atoms with Crippen molar-refractivity contribution in [2.45, 2.75) is 32.2 Å². The van der Waals surface area contributed by atoms with Gasteiger partial charge in [0.15, 0.2) is 5.79 Å². The van der Waals surface area contributed by atoms with Crippen molar-refractivity contribution in [3.63, 3.8) is 0 Å². The molecule has 9 nitrogen and oxygen atoms in total. The number of hydrogen-bond donors (Lipinski definition) is 4. The molecule has 9 heteroatoms. The third-order valence-electron chi connectivity index (χ3n) is 4.01. The zero-order chi connectivity index (χ0) is 22.0. The van der Waals surface area contributed by atoms with E-state index in [1.807, 2.05) is 18.2 Å².